The second-order valence-electron chi connectivity index (χ2n) is 7.04. The number of Topliss-reactive ketones (excluding diaryl/α,β-unsaturated/α-hetero) is 1. The lowest BCUT2D eigenvalue weighted by Gasteiger charge is -2.21. The summed E-state index contributed by atoms with van der Waals surface area (Å²) in [6.45, 7) is 7.54. The number of methoxy groups -OCH3 is 1. The number of ether oxygens (including phenoxy) is 3. The number of carbonyl (C=O) groups is 4. The van der Waals surface area contributed by atoms with Gasteiger partial charge in [0, 0.05) is 11.1 Å². The van der Waals surface area contributed by atoms with Crippen LogP contribution in [0.3, 0.4) is 0 Å². The van der Waals surface area contributed by atoms with Crippen molar-refractivity contribution in [2.75, 3.05) is 13.7 Å². The molecule has 0 fully saturated rings. The SMILES string of the molecule is COc1cc(C(C)=O)ccc1OCC(=O)OC(C)C(=O)NC(=O)NC(C)(C)C. The third-order valence-electron chi connectivity index (χ3n) is 3.32. The predicted molar refractivity (Wildman–Crippen MR) is 100 cm³/mol. The molecule has 1 unspecified atom stereocenters. The number of carbonyl (C=O) groups excluding carboxylic acids is 4. The zero-order chi connectivity index (χ0) is 21.5. The number of rotatable bonds is 7. The number of esters is 1. The fraction of sp³-hybridized carbons (Fsp3) is 0.474. The first kappa shape index (κ1) is 22.9. The Labute approximate surface area is 163 Å². The van der Waals surface area contributed by atoms with Gasteiger partial charge in [0.1, 0.15) is 0 Å². The Morgan fingerprint density at radius 1 is 1.11 bits per heavy atom. The summed E-state index contributed by atoms with van der Waals surface area (Å²) in [6, 6.07) is 3.84. The van der Waals surface area contributed by atoms with Crippen molar-refractivity contribution >= 4 is 23.7 Å². The summed E-state index contributed by atoms with van der Waals surface area (Å²) in [4.78, 5) is 46.9. The summed E-state index contributed by atoms with van der Waals surface area (Å²) >= 11 is 0. The van der Waals surface area contributed by atoms with Gasteiger partial charge < -0.3 is 19.5 Å². The highest BCUT2D eigenvalue weighted by Crippen LogP contribution is 2.28. The number of urea groups is 1. The summed E-state index contributed by atoms with van der Waals surface area (Å²) < 4.78 is 15.4. The fourth-order valence-electron chi connectivity index (χ4n) is 2.01. The average Bonchev–Trinajstić information content (AvgIpc) is 2.57. The number of imide groups is 1. The highest BCUT2D eigenvalue weighted by molar-refractivity contribution is 5.97. The molecule has 0 aliphatic carbocycles. The molecular formula is C19H26N2O7. The summed E-state index contributed by atoms with van der Waals surface area (Å²) in [5.74, 6) is -1.19. The molecule has 0 bridgehead atoms. The average molecular weight is 394 g/mol. The van der Waals surface area contributed by atoms with E-state index in [-0.39, 0.29) is 17.3 Å². The van der Waals surface area contributed by atoms with Gasteiger partial charge in [0.05, 0.1) is 7.11 Å². The van der Waals surface area contributed by atoms with Gasteiger partial charge in [-0.15, -0.1) is 0 Å². The van der Waals surface area contributed by atoms with Crippen molar-refractivity contribution in [3.63, 3.8) is 0 Å². The number of hydrogen-bond donors (Lipinski definition) is 2. The van der Waals surface area contributed by atoms with Crippen LogP contribution in [0.25, 0.3) is 0 Å². The molecule has 0 heterocycles. The number of nitrogens with one attached hydrogen (secondary N) is 2. The van der Waals surface area contributed by atoms with Gasteiger partial charge in [-0.2, -0.15) is 0 Å². The topological polar surface area (TPSA) is 120 Å². The normalized spacial score (nSPS) is 11.8. The van der Waals surface area contributed by atoms with E-state index >= 15 is 0 Å². The minimum Gasteiger partial charge on any atom is -0.493 e. The third-order valence-corrected chi connectivity index (χ3v) is 3.32. The first-order chi connectivity index (χ1) is 12.9. The second kappa shape index (κ2) is 9.72. The highest BCUT2D eigenvalue weighted by atomic mass is 16.6. The van der Waals surface area contributed by atoms with Crippen LogP contribution in [0.4, 0.5) is 4.79 Å². The van der Waals surface area contributed by atoms with Crippen molar-refractivity contribution in [3.05, 3.63) is 23.8 Å². The maximum atomic E-state index is 11.9. The van der Waals surface area contributed by atoms with Crippen molar-refractivity contribution in [2.24, 2.45) is 0 Å². The van der Waals surface area contributed by atoms with Crippen molar-refractivity contribution in [3.8, 4) is 11.5 Å². The number of amides is 3. The number of benzene rings is 1. The Bertz CT molecular complexity index is 753. The molecule has 0 radical (unpaired) electrons. The molecule has 0 saturated carbocycles. The zero-order valence-corrected chi connectivity index (χ0v) is 16.9. The Morgan fingerprint density at radius 3 is 2.29 bits per heavy atom. The Hall–Kier alpha value is -3.10. The van der Waals surface area contributed by atoms with Crippen LogP contribution < -0.4 is 20.1 Å². The van der Waals surface area contributed by atoms with E-state index in [4.69, 9.17) is 14.2 Å². The smallest absolute Gasteiger partial charge is 0.344 e. The van der Waals surface area contributed by atoms with E-state index in [1.807, 2.05) is 0 Å². The van der Waals surface area contributed by atoms with Crippen LogP contribution in [0.1, 0.15) is 45.0 Å². The van der Waals surface area contributed by atoms with Crippen LogP contribution in [0.2, 0.25) is 0 Å². The molecule has 1 aromatic rings. The first-order valence-electron chi connectivity index (χ1n) is 8.57. The monoisotopic (exact) mass is 394 g/mol. The molecule has 2 N–H and O–H groups in total. The van der Waals surface area contributed by atoms with Crippen LogP contribution in [0.15, 0.2) is 18.2 Å². The van der Waals surface area contributed by atoms with Gasteiger partial charge in [0.15, 0.2) is 30.0 Å². The molecule has 0 aliphatic rings. The van der Waals surface area contributed by atoms with Crippen LogP contribution in [-0.4, -0.2) is 49.1 Å². The zero-order valence-electron chi connectivity index (χ0n) is 16.9. The molecule has 0 aliphatic heterocycles. The molecule has 0 aromatic heterocycles. The molecule has 1 aromatic carbocycles. The van der Waals surface area contributed by atoms with E-state index in [1.165, 1.54) is 39.2 Å². The summed E-state index contributed by atoms with van der Waals surface area (Å²) in [7, 11) is 1.40. The van der Waals surface area contributed by atoms with E-state index in [1.54, 1.807) is 20.8 Å². The first-order valence-corrected chi connectivity index (χ1v) is 8.57. The summed E-state index contributed by atoms with van der Waals surface area (Å²) in [6.07, 6.45) is -1.19. The molecule has 9 nitrogen and oxygen atoms in total. The van der Waals surface area contributed by atoms with Crippen molar-refractivity contribution in [2.45, 2.75) is 46.3 Å². The minimum atomic E-state index is -1.19. The molecular weight excluding hydrogens is 368 g/mol. The minimum absolute atomic E-state index is 0.139. The van der Waals surface area contributed by atoms with E-state index < -0.39 is 36.2 Å². The Morgan fingerprint density at radius 2 is 1.75 bits per heavy atom. The molecule has 1 atom stereocenters. The van der Waals surface area contributed by atoms with E-state index in [2.05, 4.69) is 10.6 Å². The molecule has 9 heteroatoms. The van der Waals surface area contributed by atoms with Gasteiger partial charge >= 0.3 is 12.0 Å². The van der Waals surface area contributed by atoms with Crippen LogP contribution in [0, 0.1) is 0 Å². The lowest BCUT2D eigenvalue weighted by Crippen LogP contribution is -2.50. The van der Waals surface area contributed by atoms with Crippen LogP contribution in [0.5, 0.6) is 11.5 Å². The van der Waals surface area contributed by atoms with Gasteiger partial charge in [0.2, 0.25) is 0 Å². The highest BCUT2D eigenvalue weighted by Gasteiger charge is 2.22. The maximum absolute atomic E-state index is 11.9. The Kier molecular flexibility index (Phi) is 7.97. The van der Waals surface area contributed by atoms with Crippen molar-refractivity contribution < 1.29 is 33.4 Å². The molecule has 154 valence electrons. The van der Waals surface area contributed by atoms with E-state index in [0.717, 1.165) is 0 Å². The van der Waals surface area contributed by atoms with Crippen LogP contribution in [-0.2, 0) is 14.3 Å². The second-order valence-corrected chi connectivity index (χ2v) is 7.04. The standard InChI is InChI=1S/C19H26N2O7/c1-11(22)13-7-8-14(15(9-13)26-6)27-10-16(23)28-12(2)17(24)20-18(25)21-19(3,4)5/h7-9,12H,10H2,1-6H3,(H2,20,21,24,25). The van der Waals surface area contributed by atoms with E-state index in [9.17, 15) is 19.2 Å². The lowest BCUT2D eigenvalue weighted by molar-refractivity contribution is -0.156. The van der Waals surface area contributed by atoms with Gasteiger partial charge in [-0.25, -0.2) is 9.59 Å². The third kappa shape index (κ3) is 7.65. The van der Waals surface area contributed by atoms with Gasteiger partial charge in [-0.05, 0) is 52.8 Å². The maximum Gasteiger partial charge on any atom is 0.344 e. The molecule has 0 saturated heterocycles. The molecule has 3 amide bonds. The molecule has 0 spiro atoms. The van der Waals surface area contributed by atoms with Crippen LogP contribution >= 0.6 is 0 Å². The Balaban J connectivity index is 2.57. The van der Waals surface area contributed by atoms with Gasteiger partial charge in [0.25, 0.3) is 5.91 Å². The number of hydrogen-bond acceptors (Lipinski definition) is 7. The summed E-state index contributed by atoms with van der Waals surface area (Å²) in [5, 5.41) is 4.65. The van der Waals surface area contributed by atoms with E-state index in [0.29, 0.717) is 5.56 Å². The molecule has 28 heavy (non-hydrogen) atoms. The molecule has 1 rings (SSSR count). The van der Waals surface area contributed by atoms with Gasteiger partial charge in [-0.3, -0.25) is 14.9 Å². The largest absolute Gasteiger partial charge is 0.493 e. The predicted octanol–water partition coefficient (Wildman–Crippen LogP) is 1.83. The lowest BCUT2D eigenvalue weighted by atomic mass is 10.1. The fourth-order valence-corrected chi connectivity index (χ4v) is 2.01. The van der Waals surface area contributed by atoms with Crippen molar-refractivity contribution in [1.29, 1.82) is 0 Å². The van der Waals surface area contributed by atoms with Crippen molar-refractivity contribution in [1.82, 2.24) is 10.6 Å². The summed E-state index contributed by atoms with van der Waals surface area (Å²) in [5.41, 5.74) is -0.0830. The van der Waals surface area contributed by atoms with Gasteiger partial charge in [-0.1, -0.05) is 0 Å². The quantitative estimate of drug-likeness (QED) is 0.535. The number of ketones is 1.